The first-order valence-electron chi connectivity index (χ1n) is 5.46. The summed E-state index contributed by atoms with van der Waals surface area (Å²) in [6.07, 6.45) is 0.601. The van der Waals surface area contributed by atoms with Crippen molar-refractivity contribution in [3.63, 3.8) is 0 Å². The molecule has 0 radical (unpaired) electrons. The molecule has 0 aliphatic heterocycles. The minimum Gasteiger partial charge on any atom is -0.212 e. The first-order valence-corrected chi connectivity index (χ1v) is 7.07. The summed E-state index contributed by atoms with van der Waals surface area (Å²) in [7, 11) is -3.31. The second-order valence-corrected chi connectivity index (χ2v) is 7.46. The maximum Gasteiger partial charge on any atom is 0.215 e. The largest absolute Gasteiger partial charge is 0.215 e. The Morgan fingerprint density at radius 1 is 1.31 bits per heavy atom. The fourth-order valence-corrected chi connectivity index (χ4v) is 3.23. The molecule has 0 bridgehead atoms. The normalized spacial score (nSPS) is 13.1. The molecule has 0 aliphatic carbocycles. The average molecular weight is 246 g/mol. The molecule has 0 amide bonds. The molecule has 0 spiro atoms. The highest BCUT2D eigenvalue weighted by Gasteiger charge is 2.26. The lowest BCUT2D eigenvalue weighted by molar-refractivity contribution is 0.365. The monoisotopic (exact) mass is 246 g/mol. The van der Waals surface area contributed by atoms with Gasteiger partial charge in [0.1, 0.15) is 6.54 Å². The number of hydrogen-bond donors (Lipinski definition) is 0. The van der Waals surface area contributed by atoms with Crippen molar-refractivity contribution < 1.29 is 8.42 Å². The minimum atomic E-state index is -3.31. The van der Waals surface area contributed by atoms with E-state index in [1.165, 1.54) is 4.31 Å². The lowest BCUT2D eigenvalue weighted by Gasteiger charge is -2.25. The van der Waals surface area contributed by atoms with Crippen LogP contribution in [0.5, 0.6) is 0 Å². The van der Waals surface area contributed by atoms with Crippen LogP contribution in [0.15, 0.2) is 0 Å². The fourth-order valence-electron chi connectivity index (χ4n) is 1.22. The van der Waals surface area contributed by atoms with E-state index in [9.17, 15) is 8.42 Å². The van der Waals surface area contributed by atoms with Gasteiger partial charge in [0.2, 0.25) is 10.0 Å². The number of nitriles is 1. The van der Waals surface area contributed by atoms with Gasteiger partial charge in [0.05, 0.1) is 11.8 Å². The van der Waals surface area contributed by atoms with Crippen molar-refractivity contribution >= 4 is 10.0 Å². The molecule has 94 valence electrons. The number of nitrogens with zero attached hydrogens (tertiary/aromatic N) is 2. The Morgan fingerprint density at radius 3 is 2.12 bits per heavy atom. The standard InChI is InChI=1S/C11H22N2O2S/c1-10(2)13(8-7-12)16(14,15)9-6-11(3,4)5/h10H,6,8-9H2,1-5H3. The molecule has 0 saturated heterocycles. The van der Waals surface area contributed by atoms with Crippen LogP contribution in [0.2, 0.25) is 0 Å². The van der Waals surface area contributed by atoms with Crippen LogP contribution >= 0.6 is 0 Å². The Kier molecular flexibility index (Phi) is 5.43. The lowest BCUT2D eigenvalue weighted by Crippen LogP contribution is -2.39. The van der Waals surface area contributed by atoms with Crippen LogP contribution in [0.1, 0.15) is 41.0 Å². The van der Waals surface area contributed by atoms with E-state index in [4.69, 9.17) is 5.26 Å². The molecule has 5 heteroatoms. The molecule has 0 unspecified atom stereocenters. The first kappa shape index (κ1) is 15.4. The van der Waals surface area contributed by atoms with Crippen LogP contribution in [0.4, 0.5) is 0 Å². The smallest absolute Gasteiger partial charge is 0.212 e. The van der Waals surface area contributed by atoms with Crippen molar-refractivity contribution in [1.82, 2.24) is 4.31 Å². The van der Waals surface area contributed by atoms with Gasteiger partial charge in [-0.1, -0.05) is 20.8 Å². The van der Waals surface area contributed by atoms with E-state index in [1.54, 1.807) is 13.8 Å². The maximum absolute atomic E-state index is 12.0. The first-order chi connectivity index (χ1) is 7.10. The second kappa shape index (κ2) is 5.65. The highest BCUT2D eigenvalue weighted by atomic mass is 32.2. The number of rotatable bonds is 5. The summed E-state index contributed by atoms with van der Waals surface area (Å²) in [4.78, 5) is 0. The van der Waals surface area contributed by atoms with E-state index in [0.717, 1.165) is 0 Å². The highest BCUT2D eigenvalue weighted by Crippen LogP contribution is 2.21. The molecule has 0 aromatic rings. The second-order valence-electron chi connectivity index (χ2n) is 5.42. The molecule has 0 rings (SSSR count). The molecule has 0 heterocycles. The summed E-state index contributed by atoms with van der Waals surface area (Å²) in [6, 6.07) is 1.74. The van der Waals surface area contributed by atoms with Crippen molar-refractivity contribution in [2.24, 2.45) is 5.41 Å². The predicted octanol–water partition coefficient (Wildman–Crippen LogP) is 1.99. The molecule has 0 N–H and O–H groups in total. The maximum atomic E-state index is 12.0. The molecule has 4 nitrogen and oxygen atoms in total. The van der Waals surface area contributed by atoms with Crippen molar-refractivity contribution in [2.75, 3.05) is 12.3 Å². The van der Waals surface area contributed by atoms with E-state index in [0.29, 0.717) is 6.42 Å². The van der Waals surface area contributed by atoms with Gasteiger partial charge >= 0.3 is 0 Å². The van der Waals surface area contributed by atoms with Crippen molar-refractivity contribution in [3.8, 4) is 6.07 Å². The number of hydrogen-bond acceptors (Lipinski definition) is 3. The molecule has 16 heavy (non-hydrogen) atoms. The van der Waals surface area contributed by atoms with E-state index < -0.39 is 10.0 Å². The number of sulfonamides is 1. The van der Waals surface area contributed by atoms with Crippen LogP contribution in [-0.2, 0) is 10.0 Å². The van der Waals surface area contributed by atoms with Crippen molar-refractivity contribution in [1.29, 1.82) is 5.26 Å². The average Bonchev–Trinajstić information content (AvgIpc) is 2.09. The Bertz CT molecular complexity index is 347. The summed E-state index contributed by atoms with van der Waals surface area (Å²) in [6.45, 7) is 9.52. The van der Waals surface area contributed by atoms with Gasteiger partial charge < -0.3 is 0 Å². The van der Waals surface area contributed by atoms with Gasteiger partial charge in [-0.25, -0.2) is 8.42 Å². The summed E-state index contributed by atoms with van der Waals surface area (Å²) in [5.41, 5.74) is -0.0115. The van der Waals surface area contributed by atoms with Crippen molar-refractivity contribution in [3.05, 3.63) is 0 Å². The van der Waals surface area contributed by atoms with E-state index in [-0.39, 0.29) is 23.8 Å². The molecule has 0 aromatic heterocycles. The topological polar surface area (TPSA) is 61.2 Å². The Morgan fingerprint density at radius 2 is 1.81 bits per heavy atom. The zero-order chi connectivity index (χ0) is 13.0. The minimum absolute atomic E-state index is 0.0115. The lowest BCUT2D eigenvalue weighted by atomic mass is 9.94. The van der Waals surface area contributed by atoms with Gasteiger partial charge in [-0.05, 0) is 25.7 Å². The highest BCUT2D eigenvalue weighted by molar-refractivity contribution is 7.89. The van der Waals surface area contributed by atoms with Crippen LogP contribution in [0.25, 0.3) is 0 Å². The van der Waals surface area contributed by atoms with Gasteiger partial charge in [0.25, 0.3) is 0 Å². The zero-order valence-corrected chi connectivity index (χ0v) is 11.6. The van der Waals surface area contributed by atoms with Crippen molar-refractivity contribution in [2.45, 2.75) is 47.1 Å². The molecular formula is C11H22N2O2S. The Labute approximate surface area is 99.3 Å². The van der Waals surface area contributed by atoms with Crippen LogP contribution in [0, 0.1) is 16.7 Å². The summed E-state index contributed by atoms with van der Waals surface area (Å²) in [5, 5.41) is 8.62. The van der Waals surface area contributed by atoms with Crippen LogP contribution < -0.4 is 0 Å². The molecule has 0 fully saturated rings. The summed E-state index contributed by atoms with van der Waals surface area (Å²) in [5.74, 6) is 0.107. The van der Waals surface area contributed by atoms with E-state index in [1.807, 2.05) is 26.8 Å². The zero-order valence-electron chi connectivity index (χ0n) is 10.8. The Balaban J connectivity index is 4.70. The molecule has 0 atom stereocenters. The summed E-state index contributed by atoms with van der Waals surface area (Å²) < 4.78 is 25.2. The van der Waals surface area contributed by atoms with Gasteiger partial charge in [0, 0.05) is 6.04 Å². The third-order valence-corrected chi connectivity index (χ3v) is 4.26. The van der Waals surface area contributed by atoms with Gasteiger partial charge in [-0.15, -0.1) is 0 Å². The van der Waals surface area contributed by atoms with Crippen LogP contribution in [0.3, 0.4) is 0 Å². The fraction of sp³-hybridized carbons (Fsp3) is 0.909. The quantitative estimate of drug-likeness (QED) is 0.697. The SMILES string of the molecule is CC(C)N(CC#N)S(=O)(=O)CCC(C)(C)C. The summed E-state index contributed by atoms with van der Waals surface area (Å²) >= 11 is 0. The predicted molar refractivity (Wildman–Crippen MR) is 65.3 cm³/mol. The van der Waals surface area contributed by atoms with Crippen LogP contribution in [-0.4, -0.2) is 31.1 Å². The van der Waals surface area contributed by atoms with E-state index >= 15 is 0 Å². The third kappa shape index (κ3) is 5.47. The Hall–Kier alpha value is -0.600. The van der Waals surface area contributed by atoms with Gasteiger partial charge in [-0.3, -0.25) is 0 Å². The molecular weight excluding hydrogens is 224 g/mol. The molecule has 0 saturated carbocycles. The van der Waals surface area contributed by atoms with Gasteiger partial charge in [0.15, 0.2) is 0 Å². The van der Waals surface area contributed by atoms with Gasteiger partial charge in [-0.2, -0.15) is 9.57 Å². The third-order valence-electron chi connectivity index (χ3n) is 2.27. The molecule has 0 aromatic carbocycles. The van der Waals surface area contributed by atoms with E-state index in [2.05, 4.69) is 0 Å². The molecule has 0 aliphatic rings.